The zero-order valence-electron chi connectivity index (χ0n) is 21.9. The Labute approximate surface area is 233 Å². The molecule has 1 aromatic heterocycles. The van der Waals surface area contributed by atoms with Gasteiger partial charge < -0.3 is 19.5 Å². The molecule has 0 aliphatic carbocycles. The van der Waals surface area contributed by atoms with Crippen molar-refractivity contribution in [2.24, 2.45) is 0 Å². The summed E-state index contributed by atoms with van der Waals surface area (Å²) in [5, 5.41) is 12.2. The topological polar surface area (TPSA) is 75.1 Å². The third-order valence-electron chi connectivity index (χ3n) is 6.82. The van der Waals surface area contributed by atoms with Crippen molar-refractivity contribution < 1.29 is 19.4 Å². The molecule has 202 valence electrons. The van der Waals surface area contributed by atoms with E-state index in [0.717, 1.165) is 33.3 Å². The first-order valence-electron chi connectivity index (χ1n) is 13.2. The summed E-state index contributed by atoms with van der Waals surface area (Å²) in [6.07, 6.45) is -0.912. The Bertz CT molecular complexity index is 1410. The Kier molecular flexibility index (Phi) is 8.61. The molecule has 7 nitrogen and oxygen atoms in total. The first kappa shape index (κ1) is 26.9. The van der Waals surface area contributed by atoms with Crippen LogP contribution in [0.3, 0.4) is 0 Å². The van der Waals surface area contributed by atoms with Gasteiger partial charge >= 0.3 is 6.09 Å². The van der Waals surface area contributed by atoms with Gasteiger partial charge in [-0.2, -0.15) is 0 Å². The Hall–Kier alpha value is -3.65. The van der Waals surface area contributed by atoms with Crippen molar-refractivity contribution in [3.05, 3.63) is 83.9 Å². The number of ether oxygens (including phenoxy) is 2. The molecule has 1 atom stereocenters. The van der Waals surface area contributed by atoms with E-state index in [2.05, 4.69) is 23.1 Å². The van der Waals surface area contributed by atoms with Crippen LogP contribution in [0.1, 0.15) is 6.92 Å². The Morgan fingerprint density at radius 1 is 0.974 bits per heavy atom. The van der Waals surface area contributed by atoms with E-state index in [-0.39, 0.29) is 12.7 Å². The number of benzene rings is 3. The van der Waals surface area contributed by atoms with E-state index in [9.17, 15) is 9.90 Å². The van der Waals surface area contributed by atoms with Gasteiger partial charge in [0.15, 0.2) is 0 Å². The molecule has 1 aliphatic heterocycles. The highest BCUT2D eigenvalue weighted by atomic mass is 35.5. The van der Waals surface area contributed by atoms with Gasteiger partial charge in [0.2, 0.25) is 0 Å². The number of hydrogen-bond donors (Lipinski definition) is 1. The third kappa shape index (κ3) is 6.68. The number of halogens is 1. The molecule has 1 saturated heterocycles. The molecule has 1 amide bonds. The summed E-state index contributed by atoms with van der Waals surface area (Å²) in [7, 11) is 0. The monoisotopic (exact) mass is 545 g/mol. The number of aromatic nitrogens is 1. The summed E-state index contributed by atoms with van der Waals surface area (Å²) in [6, 6.07) is 25.8. The van der Waals surface area contributed by atoms with Gasteiger partial charge in [0.1, 0.15) is 18.5 Å². The zero-order valence-corrected chi connectivity index (χ0v) is 22.7. The minimum Gasteiger partial charge on any atom is -0.491 e. The molecule has 3 aromatic carbocycles. The van der Waals surface area contributed by atoms with Crippen LogP contribution in [0.4, 0.5) is 4.79 Å². The second kappa shape index (κ2) is 12.5. The Morgan fingerprint density at radius 2 is 1.72 bits per heavy atom. The van der Waals surface area contributed by atoms with E-state index in [0.29, 0.717) is 50.1 Å². The highest BCUT2D eigenvalue weighted by Crippen LogP contribution is 2.34. The largest absolute Gasteiger partial charge is 0.491 e. The number of hydrogen-bond acceptors (Lipinski definition) is 6. The SMILES string of the molecule is CCOC(=O)N1CCN(CC(O)COc2ccc(-c3cc(-c4ccccc4)c4cc(Cl)ccc4n3)cc2)CC1. The summed E-state index contributed by atoms with van der Waals surface area (Å²) >= 11 is 6.31. The molecule has 0 bridgehead atoms. The fourth-order valence-electron chi connectivity index (χ4n) is 4.80. The lowest BCUT2D eigenvalue weighted by Gasteiger charge is -2.34. The van der Waals surface area contributed by atoms with E-state index in [4.69, 9.17) is 26.1 Å². The lowest BCUT2D eigenvalue weighted by atomic mass is 9.98. The minimum absolute atomic E-state index is 0.185. The molecule has 2 heterocycles. The fraction of sp³-hybridized carbons (Fsp3) is 0.290. The van der Waals surface area contributed by atoms with Crippen molar-refractivity contribution in [2.45, 2.75) is 13.0 Å². The van der Waals surface area contributed by atoms with Gasteiger partial charge in [-0.25, -0.2) is 9.78 Å². The normalized spacial score (nSPS) is 14.8. The second-order valence-corrected chi connectivity index (χ2v) is 9.99. The zero-order chi connectivity index (χ0) is 27.2. The van der Waals surface area contributed by atoms with Crippen molar-refractivity contribution in [2.75, 3.05) is 45.9 Å². The second-order valence-electron chi connectivity index (χ2n) is 9.56. The molecule has 1 N–H and O–H groups in total. The number of fused-ring (bicyclic) bond motifs is 1. The van der Waals surface area contributed by atoms with Crippen LogP contribution in [0, 0.1) is 0 Å². The number of carbonyl (C=O) groups excluding carboxylic acids is 1. The standard InChI is InChI=1S/C31H32ClN3O4/c1-2-38-31(37)35-16-14-34(15-17-35)20-25(36)21-39-26-11-8-23(9-12-26)30-19-27(22-6-4-3-5-7-22)28-18-24(32)10-13-29(28)33-30/h3-13,18-19,25,36H,2,14-17,20-21H2,1H3. The molecular formula is C31H32ClN3O4. The Balaban J connectivity index is 1.22. The van der Waals surface area contributed by atoms with Crippen molar-refractivity contribution in [1.29, 1.82) is 0 Å². The number of piperazine rings is 1. The number of β-amino-alcohol motifs (C(OH)–C–C–N with tert-alkyl or cyclic N) is 1. The lowest BCUT2D eigenvalue weighted by molar-refractivity contribution is 0.0408. The fourth-order valence-corrected chi connectivity index (χ4v) is 4.97. The highest BCUT2D eigenvalue weighted by Gasteiger charge is 2.23. The maximum absolute atomic E-state index is 11.9. The molecule has 1 aliphatic rings. The van der Waals surface area contributed by atoms with Crippen LogP contribution in [0.2, 0.25) is 5.02 Å². The predicted octanol–water partition coefficient (Wildman–Crippen LogP) is 5.74. The quantitative estimate of drug-likeness (QED) is 0.304. The summed E-state index contributed by atoms with van der Waals surface area (Å²) in [5.41, 5.74) is 4.88. The third-order valence-corrected chi connectivity index (χ3v) is 7.05. The van der Waals surface area contributed by atoms with Crippen molar-refractivity contribution in [3.8, 4) is 28.1 Å². The van der Waals surface area contributed by atoms with Crippen LogP contribution < -0.4 is 4.74 Å². The molecular weight excluding hydrogens is 514 g/mol. The molecule has 4 aromatic rings. The average Bonchev–Trinajstić information content (AvgIpc) is 2.97. The number of rotatable bonds is 8. The van der Waals surface area contributed by atoms with Gasteiger partial charge in [0.05, 0.1) is 17.8 Å². The number of carbonyl (C=O) groups is 1. The van der Waals surface area contributed by atoms with Gasteiger partial charge in [0.25, 0.3) is 0 Å². The van der Waals surface area contributed by atoms with Gasteiger partial charge in [-0.15, -0.1) is 0 Å². The van der Waals surface area contributed by atoms with Crippen LogP contribution in [0.5, 0.6) is 5.75 Å². The Morgan fingerprint density at radius 3 is 2.44 bits per heavy atom. The maximum atomic E-state index is 11.9. The van der Waals surface area contributed by atoms with Crippen LogP contribution in [0.15, 0.2) is 78.9 Å². The molecule has 1 fully saturated rings. The first-order chi connectivity index (χ1) is 19.0. The van der Waals surface area contributed by atoms with E-state index in [1.165, 1.54) is 0 Å². The van der Waals surface area contributed by atoms with Crippen LogP contribution in [-0.2, 0) is 4.74 Å². The molecule has 0 spiro atoms. The smallest absolute Gasteiger partial charge is 0.409 e. The van der Waals surface area contributed by atoms with Crippen molar-refractivity contribution >= 4 is 28.6 Å². The first-order valence-corrected chi connectivity index (χ1v) is 13.6. The van der Waals surface area contributed by atoms with E-state index < -0.39 is 6.10 Å². The molecule has 8 heteroatoms. The van der Waals surface area contributed by atoms with Crippen LogP contribution >= 0.6 is 11.6 Å². The van der Waals surface area contributed by atoms with E-state index in [1.807, 2.05) is 60.7 Å². The lowest BCUT2D eigenvalue weighted by Crippen LogP contribution is -2.51. The van der Waals surface area contributed by atoms with Gasteiger partial charge in [0, 0.05) is 48.7 Å². The number of nitrogens with zero attached hydrogens (tertiary/aromatic N) is 3. The van der Waals surface area contributed by atoms with Crippen LogP contribution in [-0.4, -0.2) is 78.0 Å². The van der Waals surface area contributed by atoms with E-state index in [1.54, 1.807) is 11.8 Å². The van der Waals surface area contributed by atoms with Gasteiger partial charge in [-0.3, -0.25) is 4.90 Å². The summed E-state index contributed by atoms with van der Waals surface area (Å²) < 4.78 is 10.9. The average molecular weight is 546 g/mol. The maximum Gasteiger partial charge on any atom is 0.409 e. The number of aliphatic hydroxyl groups is 1. The number of pyridine rings is 1. The summed E-state index contributed by atoms with van der Waals surface area (Å²) in [6.45, 7) is 5.43. The van der Waals surface area contributed by atoms with Crippen LogP contribution in [0.25, 0.3) is 33.3 Å². The van der Waals surface area contributed by atoms with Crippen molar-refractivity contribution in [3.63, 3.8) is 0 Å². The van der Waals surface area contributed by atoms with Gasteiger partial charge in [-0.1, -0.05) is 41.9 Å². The molecule has 0 saturated carbocycles. The molecule has 39 heavy (non-hydrogen) atoms. The molecule has 0 radical (unpaired) electrons. The highest BCUT2D eigenvalue weighted by molar-refractivity contribution is 6.31. The van der Waals surface area contributed by atoms with Crippen molar-refractivity contribution in [1.82, 2.24) is 14.8 Å². The van der Waals surface area contributed by atoms with E-state index >= 15 is 0 Å². The summed E-state index contributed by atoms with van der Waals surface area (Å²) in [4.78, 5) is 20.6. The predicted molar refractivity (Wildman–Crippen MR) is 154 cm³/mol. The molecule has 5 rings (SSSR count). The molecule has 1 unspecified atom stereocenters. The summed E-state index contributed by atoms with van der Waals surface area (Å²) in [5.74, 6) is 0.681. The minimum atomic E-state index is -0.638. The van der Waals surface area contributed by atoms with Gasteiger partial charge in [-0.05, 0) is 66.6 Å². The number of amides is 1. The number of aliphatic hydroxyl groups excluding tert-OH is 1.